The highest BCUT2D eigenvalue weighted by molar-refractivity contribution is 5.85. The number of benzene rings is 1. The Morgan fingerprint density at radius 2 is 2.17 bits per heavy atom. The van der Waals surface area contributed by atoms with Crippen molar-refractivity contribution in [2.24, 2.45) is 0 Å². The molecule has 1 aliphatic rings. The van der Waals surface area contributed by atoms with Crippen LogP contribution >= 0.6 is 0 Å². The number of aromatic nitrogens is 3. The third-order valence-corrected chi connectivity index (χ3v) is 3.92. The van der Waals surface area contributed by atoms with Gasteiger partial charge in [-0.2, -0.15) is 5.26 Å². The number of ether oxygens (including phenoxy) is 1. The third kappa shape index (κ3) is 1.94. The van der Waals surface area contributed by atoms with E-state index in [1.807, 2.05) is 31.2 Å². The van der Waals surface area contributed by atoms with Gasteiger partial charge in [0.25, 0.3) is 0 Å². The van der Waals surface area contributed by atoms with Crippen molar-refractivity contribution < 1.29 is 4.74 Å². The Hall–Kier alpha value is -3.33. The van der Waals surface area contributed by atoms with Crippen LogP contribution in [0.5, 0.6) is 5.75 Å². The molecule has 6 nitrogen and oxygen atoms in total. The predicted octanol–water partition coefficient (Wildman–Crippen LogP) is 2.79. The number of pyridine rings is 1. The molecule has 0 atom stereocenters. The third-order valence-electron chi connectivity index (χ3n) is 3.92. The Morgan fingerprint density at radius 1 is 1.35 bits per heavy atom. The first-order valence-corrected chi connectivity index (χ1v) is 7.15. The van der Waals surface area contributed by atoms with Crippen LogP contribution in [-0.2, 0) is 6.61 Å². The molecular formula is C17H13N5O. The molecule has 3 aromatic rings. The molecule has 2 aromatic heterocycles. The number of fused-ring (bicyclic) bond motifs is 3. The van der Waals surface area contributed by atoms with Crippen molar-refractivity contribution in [3.63, 3.8) is 0 Å². The largest absolute Gasteiger partial charge is 0.488 e. The number of rotatable bonds is 1. The normalized spacial score (nSPS) is 12.0. The summed E-state index contributed by atoms with van der Waals surface area (Å²) in [5.41, 5.74) is 10.3. The maximum Gasteiger partial charge on any atom is 0.142 e. The lowest BCUT2D eigenvalue weighted by molar-refractivity contribution is 0.302. The molecule has 4 rings (SSSR count). The molecular weight excluding hydrogens is 290 g/mol. The van der Waals surface area contributed by atoms with Crippen LogP contribution in [0.15, 0.2) is 30.5 Å². The van der Waals surface area contributed by atoms with Crippen molar-refractivity contribution in [2.45, 2.75) is 13.5 Å². The van der Waals surface area contributed by atoms with Crippen LogP contribution in [0.1, 0.15) is 17.0 Å². The molecule has 0 radical (unpaired) electrons. The molecule has 1 aromatic carbocycles. The number of nitrogens with one attached hydrogen (secondary N) is 1. The summed E-state index contributed by atoms with van der Waals surface area (Å²) in [6, 6.07) is 9.83. The molecule has 0 saturated carbocycles. The Labute approximate surface area is 132 Å². The van der Waals surface area contributed by atoms with E-state index in [9.17, 15) is 5.26 Å². The van der Waals surface area contributed by atoms with Crippen molar-refractivity contribution in [2.75, 3.05) is 5.73 Å². The van der Waals surface area contributed by atoms with E-state index in [0.29, 0.717) is 17.7 Å². The van der Waals surface area contributed by atoms with Gasteiger partial charge >= 0.3 is 0 Å². The van der Waals surface area contributed by atoms with E-state index in [1.165, 1.54) is 0 Å². The van der Waals surface area contributed by atoms with Crippen LogP contribution in [0.25, 0.3) is 22.5 Å². The maximum absolute atomic E-state index is 9.52. The Balaban J connectivity index is 2.07. The van der Waals surface area contributed by atoms with Gasteiger partial charge in [-0.05, 0) is 19.1 Å². The van der Waals surface area contributed by atoms with Crippen LogP contribution in [0, 0.1) is 18.3 Å². The molecule has 0 spiro atoms. The second-order valence-electron chi connectivity index (χ2n) is 5.35. The summed E-state index contributed by atoms with van der Waals surface area (Å²) in [5.74, 6) is 1.75. The molecule has 23 heavy (non-hydrogen) atoms. The highest BCUT2D eigenvalue weighted by Crippen LogP contribution is 2.42. The minimum Gasteiger partial charge on any atom is -0.488 e. The van der Waals surface area contributed by atoms with Crippen molar-refractivity contribution in [1.29, 1.82) is 5.26 Å². The molecule has 6 heteroatoms. The molecule has 3 heterocycles. The minimum atomic E-state index is 0.213. The van der Waals surface area contributed by atoms with Gasteiger partial charge in [-0.3, -0.25) is 0 Å². The first kappa shape index (κ1) is 13.3. The quantitative estimate of drug-likeness (QED) is 0.720. The lowest BCUT2D eigenvalue weighted by atomic mass is 9.93. The molecule has 0 unspecified atom stereocenters. The fourth-order valence-corrected chi connectivity index (χ4v) is 2.90. The highest BCUT2D eigenvalue weighted by atomic mass is 16.5. The second-order valence-corrected chi connectivity index (χ2v) is 5.35. The number of anilines is 1. The zero-order valence-electron chi connectivity index (χ0n) is 12.4. The number of nitrogens with two attached hydrogens (primary N) is 1. The van der Waals surface area contributed by atoms with Gasteiger partial charge in [-0.25, -0.2) is 9.97 Å². The van der Waals surface area contributed by atoms with Gasteiger partial charge in [0.1, 0.15) is 35.6 Å². The summed E-state index contributed by atoms with van der Waals surface area (Å²) >= 11 is 0. The predicted molar refractivity (Wildman–Crippen MR) is 85.5 cm³/mol. The van der Waals surface area contributed by atoms with Crippen LogP contribution in [0.3, 0.4) is 0 Å². The van der Waals surface area contributed by atoms with E-state index < -0.39 is 0 Å². The zero-order chi connectivity index (χ0) is 16.0. The minimum absolute atomic E-state index is 0.213. The smallest absolute Gasteiger partial charge is 0.142 e. The summed E-state index contributed by atoms with van der Waals surface area (Å²) in [7, 11) is 0. The Morgan fingerprint density at radius 3 is 2.91 bits per heavy atom. The number of nitrogens with zero attached hydrogens (tertiary/aromatic N) is 3. The zero-order valence-corrected chi connectivity index (χ0v) is 12.4. The van der Waals surface area contributed by atoms with Crippen molar-refractivity contribution >= 4 is 5.82 Å². The van der Waals surface area contributed by atoms with E-state index in [1.54, 1.807) is 6.20 Å². The van der Waals surface area contributed by atoms with Gasteiger partial charge in [0.15, 0.2) is 0 Å². The second kappa shape index (κ2) is 4.85. The molecule has 1 aliphatic heterocycles. The lowest BCUT2D eigenvalue weighted by Crippen LogP contribution is -2.12. The van der Waals surface area contributed by atoms with Gasteiger partial charge < -0.3 is 15.5 Å². The average Bonchev–Trinajstić information content (AvgIpc) is 2.99. The van der Waals surface area contributed by atoms with E-state index in [4.69, 9.17) is 10.5 Å². The van der Waals surface area contributed by atoms with Gasteiger partial charge in [0.05, 0.1) is 17.6 Å². The van der Waals surface area contributed by atoms with Crippen molar-refractivity contribution in [3.05, 3.63) is 47.4 Å². The molecule has 0 fully saturated rings. The number of aryl methyl sites for hydroxylation is 1. The van der Waals surface area contributed by atoms with Gasteiger partial charge in [0.2, 0.25) is 0 Å². The number of aromatic amines is 1. The first-order valence-electron chi connectivity index (χ1n) is 7.15. The topological polar surface area (TPSA) is 101 Å². The Kier molecular flexibility index (Phi) is 2.81. The van der Waals surface area contributed by atoms with Crippen LogP contribution in [0.2, 0.25) is 0 Å². The maximum atomic E-state index is 9.52. The first-order chi connectivity index (χ1) is 11.2. The number of nitriles is 1. The van der Waals surface area contributed by atoms with E-state index in [0.717, 1.165) is 34.1 Å². The van der Waals surface area contributed by atoms with E-state index >= 15 is 0 Å². The lowest BCUT2D eigenvalue weighted by Gasteiger charge is -2.23. The van der Waals surface area contributed by atoms with Crippen molar-refractivity contribution in [1.82, 2.24) is 15.0 Å². The van der Waals surface area contributed by atoms with Gasteiger partial charge in [-0.1, -0.05) is 12.1 Å². The summed E-state index contributed by atoms with van der Waals surface area (Å²) in [4.78, 5) is 11.9. The monoisotopic (exact) mass is 303 g/mol. The molecule has 0 amide bonds. The van der Waals surface area contributed by atoms with Crippen molar-refractivity contribution in [3.8, 4) is 34.3 Å². The highest BCUT2D eigenvalue weighted by Gasteiger charge is 2.26. The number of nitrogen functional groups attached to an aromatic ring is 1. The van der Waals surface area contributed by atoms with E-state index in [2.05, 4.69) is 21.0 Å². The van der Waals surface area contributed by atoms with Gasteiger partial charge in [-0.15, -0.1) is 0 Å². The number of para-hydroxylation sites is 1. The standard InChI is InChI=1S/C17H13N5O/c1-9-20-7-13(21-9)15-11(6-18)17(19)22-16-10-4-2-3-5-14(10)23-8-12(15)16/h2-5,7H,8H2,1H3,(H2,19,22)(H,20,21). The average molecular weight is 303 g/mol. The number of imidazole rings is 1. The van der Waals surface area contributed by atoms with Crippen LogP contribution in [-0.4, -0.2) is 15.0 Å². The van der Waals surface area contributed by atoms with E-state index in [-0.39, 0.29) is 5.82 Å². The summed E-state index contributed by atoms with van der Waals surface area (Å²) in [5, 5.41) is 9.52. The molecule has 112 valence electrons. The summed E-state index contributed by atoms with van der Waals surface area (Å²) < 4.78 is 5.83. The SMILES string of the molecule is Cc1ncc(-c2c(C#N)c(N)nc3c2COc2ccccc2-3)[nH]1. The summed E-state index contributed by atoms with van der Waals surface area (Å²) in [6.07, 6.45) is 1.70. The summed E-state index contributed by atoms with van der Waals surface area (Å²) in [6.45, 7) is 2.19. The Bertz CT molecular complexity index is 968. The van der Waals surface area contributed by atoms with Gasteiger partial charge in [0, 0.05) is 16.7 Å². The molecule has 0 bridgehead atoms. The number of H-pyrrole nitrogens is 1. The fraction of sp³-hybridized carbons (Fsp3) is 0.118. The van der Waals surface area contributed by atoms with Crippen LogP contribution in [0.4, 0.5) is 5.82 Å². The number of hydrogen-bond acceptors (Lipinski definition) is 5. The number of hydrogen-bond donors (Lipinski definition) is 2. The fourth-order valence-electron chi connectivity index (χ4n) is 2.90. The molecule has 3 N–H and O–H groups in total. The van der Waals surface area contributed by atoms with Crippen LogP contribution < -0.4 is 10.5 Å². The molecule has 0 saturated heterocycles. The molecule has 0 aliphatic carbocycles.